The third kappa shape index (κ3) is 6.39. The molecule has 0 bridgehead atoms. The molecule has 0 fully saturated rings. The standard InChI is InChI=1S/C22H34N6O3.HI/c1-5-23-21(26(2)16-17-10-11-18(30-3)15-19(17)31-4)24-12-8-14-28-22(29)27-13-7-6-9-20(27)25-28;/h10-11,15H,5-9,12-14,16H2,1-4H3,(H,23,24);1H. The lowest BCUT2D eigenvalue weighted by atomic mass is 10.2. The van der Waals surface area contributed by atoms with E-state index >= 15 is 0 Å². The van der Waals surface area contributed by atoms with E-state index in [9.17, 15) is 4.79 Å². The normalized spacial score (nSPS) is 13.2. The molecule has 1 aliphatic rings. The first-order valence-electron chi connectivity index (χ1n) is 10.9. The monoisotopic (exact) mass is 558 g/mol. The van der Waals surface area contributed by atoms with Crippen molar-refractivity contribution in [2.45, 2.75) is 52.2 Å². The molecule has 0 aliphatic carbocycles. The number of aryl methyl sites for hydroxylation is 2. The lowest BCUT2D eigenvalue weighted by Gasteiger charge is -2.23. The van der Waals surface area contributed by atoms with Gasteiger partial charge in [0.25, 0.3) is 0 Å². The summed E-state index contributed by atoms with van der Waals surface area (Å²) in [6, 6.07) is 5.82. The van der Waals surface area contributed by atoms with E-state index < -0.39 is 0 Å². The number of hydrogen-bond acceptors (Lipinski definition) is 5. The Balaban J connectivity index is 0.00000363. The van der Waals surface area contributed by atoms with Crippen LogP contribution in [-0.4, -0.2) is 59.6 Å². The van der Waals surface area contributed by atoms with E-state index in [4.69, 9.17) is 14.5 Å². The van der Waals surface area contributed by atoms with E-state index in [1.54, 1.807) is 18.9 Å². The van der Waals surface area contributed by atoms with Gasteiger partial charge in [0.2, 0.25) is 0 Å². The molecule has 2 aromatic rings. The minimum atomic E-state index is 0. The van der Waals surface area contributed by atoms with Crippen LogP contribution in [0.15, 0.2) is 28.0 Å². The molecule has 1 aromatic carbocycles. The van der Waals surface area contributed by atoms with Gasteiger partial charge in [-0.15, -0.1) is 24.0 Å². The maximum atomic E-state index is 12.4. The maximum absolute atomic E-state index is 12.4. The van der Waals surface area contributed by atoms with Gasteiger partial charge in [0, 0.05) is 57.8 Å². The topological polar surface area (TPSA) is 85.9 Å². The SMILES string of the molecule is CCNC(=NCCCn1nc2n(c1=O)CCCC2)N(C)Cc1ccc(OC)cc1OC.I. The van der Waals surface area contributed by atoms with Crippen LogP contribution in [0.3, 0.4) is 0 Å². The fraction of sp³-hybridized carbons (Fsp3) is 0.591. The Bertz CT molecular complexity index is 956. The van der Waals surface area contributed by atoms with Crippen LogP contribution in [0.4, 0.5) is 0 Å². The second-order valence-corrected chi connectivity index (χ2v) is 7.65. The summed E-state index contributed by atoms with van der Waals surface area (Å²) in [5.74, 6) is 3.28. The Morgan fingerprint density at radius 3 is 2.78 bits per heavy atom. The summed E-state index contributed by atoms with van der Waals surface area (Å²) in [7, 11) is 5.30. The molecule has 32 heavy (non-hydrogen) atoms. The molecule has 9 nitrogen and oxygen atoms in total. The van der Waals surface area contributed by atoms with Crippen LogP contribution in [-0.2, 0) is 26.1 Å². The minimum absolute atomic E-state index is 0. The molecular weight excluding hydrogens is 523 g/mol. The number of guanidine groups is 1. The number of aromatic nitrogens is 3. The van der Waals surface area contributed by atoms with Gasteiger partial charge in [-0.25, -0.2) is 9.48 Å². The van der Waals surface area contributed by atoms with Crippen molar-refractivity contribution < 1.29 is 9.47 Å². The van der Waals surface area contributed by atoms with Gasteiger partial charge in [0.05, 0.1) is 14.2 Å². The third-order valence-corrected chi connectivity index (χ3v) is 5.42. The van der Waals surface area contributed by atoms with Crippen molar-refractivity contribution >= 4 is 29.9 Å². The number of methoxy groups -OCH3 is 2. The molecule has 0 unspecified atom stereocenters. The van der Waals surface area contributed by atoms with Gasteiger partial charge in [-0.1, -0.05) is 0 Å². The van der Waals surface area contributed by atoms with Crippen LogP contribution in [0.25, 0.3) is 0 Å². The van der Waals surface area contributed by atoms with Gasteiger partial charge >= 0.3 is 5.69 Å². The zero-order chi connectivity index (χ0) is 22.2. The average molecular weight is 558 g/mol. The molecule has 0 atom stereocenters. The van der Waals surface area contributed by atoms with Crippen LogP contribution in [0.1, 0.15) is 37.6 Å². The predicted molar refractivity (Wildman–Crippen MR) is 136 cm³/mol. The second kappa shape index (κ2) is 12.7. The smallest absolute Gasteiger partial charge is 0.345 e. The minimum Gasteiger partial charge on any atom is -0.497 e. The first-order valence-corrected chi connectivity index (χ1v) is 10.9. The van der Waals surface area contributed by atoms with Crippen molar-refractivity contribution in [2.24, 2.45) is 4.99 Å². The number of fused-ring (bicyclic) bond motifs is 1. The van der Waals surface area contributed by atoms with Crippen molar-refractivity contribution in [3.63, 3.8) is 0 Å². The Kier molecular flexibility index (Phi) is 10.3. The fourth-order valence-corrected chi connectivity index (χ4v) is 3.78. The Morgan fingerprint density at radius 1 is 1.28 bits per heavy atom. The van der Waals surface area contributed by atoms with E-state index in [1.807, 2.05) is 36.7 Å². The summed E-state index contributed by atoms with van der Waals surface area (Å²) in [5, 5.41) is 7.83. The quantitative estimate of drug-likeness (QED) is 0.221. The van der Waals surface area contributed by atoms with Gasteiger partial charge < -0.3 is 19.7 Å². The van der Waals surface area contributed by atoms with Crippen molar-refractivity contribution in [1.29, 1.82) is 0 Å². The Labute approximate surface area is 206 Å². The summed E-state index contributed by atoms with van der Waals surface area (Å²) in [6.45, 7) is 5.45. The number of halogens is 1. The Morgan fingerprint density at radius 2 is 2.09 bits per heavy atom. The molecule has 1 N–H and O–H groups in total. The molecule has 10 heteroatoms. The zero-order valence-electron chi connectivity index (χ0n) is 19.5. The summed E-state index contributed by atoms with van der Waals surface area (Å²) < 4.78 is 14.2. The van der Waals surface area contributed by atoms with E-state index in [0.29, 0.717) is 19.6 Å². The highest BCUT2D eigenvalue weighted by Gasteiger charge is 2.16. The largest absolute Gasteiger partial charge is 0.497 e. The number of nitrogens with one attached hydrogen (secondary N) is 1. The molecule has 0 spiro atoms. The molecule has 2 heterocycles. The van der Waals surface area contributed by atoms with E-state index in [1.165, 1.54) is 0 Å². The summed E-state index contributed by atoms with van der Waals surface area (Å²) in [4.78, 5) is 19.3. The van der Waals surface area contributed by atoms with Crippen LogP contribution >= 0.6 is 24.0 Å². The van der Waals surface area contributed by atoms with Gasteiger partial charge in [-0.05, 0) is 38.3 Å². The summed E-state index contributed by atoms with van der Waals surface area (Å²) >= 11 is 0. The molecule has 178 valence electrons. The molecule has 0 amide bonds. The predicted octanol–water partition coefficient (Wildman–Crippen LogP) is 2.50. The molecule has 1 aliphatic heterocycles. The number of aliphatic imine (C=N–C) groups is 1. The van der Waals surface area contributed by atoms with Crippen LogP contribution in [0.2, 0.25) is 0 Å². The first kappa shape index (κ1) is 26.0. The molecule has 0 saturated carbocycles. The molecule has 0 radical (unpaired) electrons. The third-order valence-electron chi connectivity index (χ3n) is 5.42. The lowest BCUT2D eigenvalue weighted by Crippen LogP contribution is -2.38. The number of benzene rings is 1. The highest BCUT2D eigenvalue weighted by molar-refractivity contribution is 14.0. The molecule has 1 aromatic heterocycles. The van der Waals surface area contributed by atoms with Gasteiger partial charge in [0.1, 0.15) is 17.3 Å². The Hall–Kier alpha value is -2.24. The lowest BCUT2D eigenvalue weighted by molar-refractivity contribution is 0.382. The number of ether oxygens (including phenoxy) is 2. The second-order valence-electron chi connectivity index (χ2n) is 7.65. The molecule has 3 rings (SSSR count). The molecule has 0 saturated heterocycles. The maximum Gasteiger partial charge on any atom is 0.345 e. The van der Waals surface area contributed by atoms with Gasteiger partial charge in [-0.3, -0.25) is 9.56 Å². The first-order chi connectivity index (χ1) is 15.1. The van der Waals surface area contributed by atoms with E-state index in [0.717, 1.165) is 67.6 Å². The van der Waals surface area contributed by atoms with Crippen LogP contribution in [0.5, 0.6) is 11.5 Å². The van der Waals surface area contributed by atoms with Crippen LogP contribution < -0.4 is 20.5 Å². The number of rotatable bonds is 9. The summed E-state index contributed by atoms with van der Waals surface area (Å²) in [6.07, 6.45) is 3.81. The van der Waals surface area contributed by atoms with Crippen molar-refractivity contribution in [1.82, 2.24) is 24.6 Å². The summed E-state index contributed by atoms with van der Waals surface area (Å²) in [5.41, 5.74) is 1.06. The van der Waals surface area contributed by atoms with Crippen molar-refractivity contribution in [2.75, 3.05) is 34.4 Å². The molecular formula is C22H35IN6O3. The number of nitrogens with zero attached hydrogens (tertiary/aromatic N) is 5. The van der Waals surface area contributed by atoms with Gasteiger partial charge in [-0.2, -0.15) is 5.10 Å². The fourth-order valence-electron chi connectivity index (χ4n) is 3.78. The highest BCUT2D eigenvalue weighted by atomic mass is 127. The average Bonchev–Trinajstić information content (AvgIpc) is 3.11. The van der Waals surface area contributed by atoms with Crippen molar-refractivity contribution in [3.05, 3.63) is 40.1 Å². The number of hydrogen-bond donors (Lipinski definition) is 1. The van der Waals surface area contributed by atoms with Crippen LogP contribution in [0, 0.1) is 0 Å². The van der Waals surface area contributed by atoms with Crippen molar-refractivity contribution in [3.8, 4) is 11.5 Å². The zero-order valence-corrected chi connectivity index (χ0v) is 21.8. The van der Waals surface area contributed by atoms with Gasteiger partial charge in [0.15, 0.2) is 5.96 Å². The highest BCUT2D eigenvalue weighted by Crippen LogP contribution is 2.25. The van der Waals surface area contributed by atoms with E-state index in [2.05, 4.69) is 15.3 Å². The van der Waals surface area contributed by atoms with E-state index in [-0.39, 0.29) is 29.7 Å².